The zero-order chi connectivity index (χ0) is 12.1. The maximum Gasteiger partial charge on any atom is 0.113 e. The molecule has 0 amide bonds. The minimum absolute atomic E-state index is 0.174. The first-order valence-corrected chi connectivity index (χ1v) is 8.94. The highest BCUT2D eigenvalue weighted by Crippen LogP contribution is 2.31. The Labute approximate surface area is 136 Å². The van der Waals surface area contributed by atoms with Crippen LogP contribution in [0, 0.1) is 6.92 Å². The van der Waals surface area contributed by atoms with Gasteiger partial charge in [-0.25, -0.2) is 0 Å². The average molecular weight is 514 g/mol. The summed E-state index contributed by atoms with van der Waals surface area (Å²) in [4.78, 5) is 0. The van der Waals surface area contributed by atoms with Gasteiger partial charge in [0.1, 0.15) is 3.74 Å². The maximum atomic E-state index is 4.12. The molecule has 0 fully saturated rings. The lowest BCUT2D eigenvalue weighted by Crippen LogP contribution is -1.74. The molecule has 2 rings (SSSR count). The van der Waals surface area contributed by atoms with Gasteiger partial charge in [-0.15, -0.1) is 0 Å². The fourth-order valence-electron chi connectivity index (χ4n) is 0.701. The van der Waals surface area contributed by atoms with Crippen LogP contribution in [0.3, 0.4) is 0 Å². The first-order chi connectivity index (χ1) is 7.49. The lowest BCUT2D eigenvalue weighted by molar-refractivity contribution is 1.31. The van der Waals surface area contributed by atoms with Crippen molar-refractivity contribution in [1.29, 1.82) is 0 Å². The second-order valence-corrected chi connectivity index (χ2v) is 10.1. The molecular formula is C8H6Br4N2S2. The highest BCUT2D eigenvalue weighted by Gasteiger charge is 2.05. The Kier molecular flexibility index (Phi) is 7.22. The summed E-state index contributed by atoms with van der Waals surface area (Å²) in [5, 5.41) is 0. The van der Waals surface area contributed by atoms with Crippen molar-refractivity contribution in [1.82, 2.24) is 8.75 Å². The van der Waals surface area contributed by atoms with Crippen LogP contribution >= 0.6 is 86.8 Å². The molecule has 0 saturated heterocycles. The van der Waals surface area contributed by atoms with Crippen LogP contribution in [-0.2, 0) is 0 Å². The highest BCUT2D eigenvalue weighted by molar-refractivity contribution is 9.24. The number of nitrogens with zero attached hydrogens (tertiary/aromatic N) is 2. The van der Waals surface area contributed by atoms with E-state index in [4.69, 9.17) is 0 Å². The van der Waals surface area contributed by atoms with Crippen LogP contribution in [0.25, 0.3) is 0 Å². The van der Waals surface area contributed by atoms with Gasteiger partial charge >= 0.3 is 0 Å². The van der Waals surface area contributed by atoms with Crippen LogP contribution in [0.5, 0.6) is 0 Å². The van der Waals surface area contributed by atoms with E-state index in [1.54, 1.807) is 0 Å². The van der Waals surface area contributed by atoms with E-state index in [2.05, 4.69) is 72.5 Å². The van der Waals surface area contributed by atoms with Gasteiger partial charge in [-0.2, -0.15) is 8.75 Å². The minimum atomic E-state index is 0.174. The third-order valence-electron chi connectivity index (χ3n) is 1.32. The number of rotatable bonds is 1. The number of alkyl halides is 2. The number of hydrogen-bond acceptors (Lipinski definition) is 4. The normalized spacial score (nSPS) is 10.1. The number of hydrogen-bond donors (Lipinski definition) is 0. The minimum Gasteiger partial charge on any atom is -0.197 e. The molecule has 88 valence electrons. The summed E-state index contributed by atoms with van der Waals surface area (Å²) in [6, 6.07) is 3.96. The van der Waals surface area contributed by atoms with Gasteiger partial charge in [0.25, 0.3) is 0 Å². The van der Waals surface area contributed by atoms with Crippen molar-refractivity contribution in [2.24, 2.45) is 0 Å². The van der Waals surface area contributed by atoms with Crippen molar-refractivity contribution >= 4 is 86.8 Å². The molecule has 0 radical (unpaired) electrons. The Morgan fingerprint density at radius 2 is 1.62 bits per heavy atom. The molecule has 0 spiro atoms. The molecule has 0 atom stereocenters. The summed E-state index contributed by atoms with van der Waals surface area (Å²) in [5.74, 6) is 0. The topological polar surface area (TPSA) is 25.8 Å². The summed E-state index contributed by atoms with van der Waals surface area (Å²) < 4.78 is 10.5. The second-order valence-electron chi connectivity index (χ2n) is 2.63. The van der Waals surface area contributed by atoms with E-state index in [0.29, 0.717) is 0 Å². The van der Waals surface area contributed by atoms with Crippen molar-refractivity contribution in [2.45, 2.75) is 10.7 Å². The van der Waals surface area contributed by atoms with Crippen molar-refractivity contribution in [3.05, 3.63) is 31.1 Å². The van der Waals surface area contributed by atoms with E-state index in [-0.39, 0.29) is 3.74 Å². The van der Waals surface area contributed by atoms with E-state index < -0.39 is 0 Å². The summed E-state index contributed by atoms with van der Waals surface area (Å²) in [6.45, 7) is 1.97. The summed E-state index contributed by atoms with van der Waals surface area (Å²) in [5.41, 5.74) is 2.09. The van der Waals surface area contributed by atoms with Gasteiger partial charge in [0.2, 0.25) is 0 Å². The van der Waals surface area contributed by atoms with Gasteiger partial charge < -0.3 is 0 Å². The van der Waals surface area contributed by atoms with E-state index in [1.165, 1.54) is 23.1 Å². The van der Waals surface area contributed by atoms with Crippen LogP contribution in [0.1, 0.15) is 15.1 Å². The standard InChI is InChI=1S/C4H2Br3NS.C4H4BrNS/c5-3-1-2(4(6)7)8-9-3;1-3-2-4(5)7-6-3/h1,4H;2H,1H3. The van der Waals surface area contributed by atoms with E-state index in [1.807, 2.05) is 19.1 Å². The molecule has 16 heavy (non-hydrogen) atoms. The molecule has 0 aromatic carbocycles. The van der Waals surface area contributed by atoms with Gasteiger partial charge in [0.15, 0.2) is 0 Å². The predicted molar refractivity (Wildman–Crippen MR) is 85.0 cm³/mol. The third kappa shape index (κ3) is 5.68. The highest BCUT2D eigenvalue weighted by atomic mass is 79.9. The quantitative estimate of drug-likeness (QED) is 0.443. The molecule has 8 heteroatoms. The molecule has 0 aliphatic rings. The summed E-state index contributed by atoms with van der Waals surface area (Å²) in [7, 11) is 0. The maximum absolute atomic E-state index is 4.12. The molecule has 2 nitrogen and oxygen atoms in total. The number of aromatic nitrogens is 2. The van der Waals surface area contributed by atoms with Crippen molar-refractivity contribution < 1.29 is 0 Å². The van der Waals surface area contributed by atoms with Gasteiger partial charge in [-0.05, 0) is 74.0 Å². The van der Waals surface area contributed by atoms with Crippen molar-refractivity contribution in [2.75, 3.05) is 0 Å². The first-order valence-electron chi connectivity index (χ1n) is 3.98. The monoisotopic (exact) mass is 510 g/mol. The predicted octanol–water partition coefficient (Wildman–Crippen LogP) is 5.91. The number of aryl methyl sites for hydroxylation is 1. The zero-order valence-electron chi connectivity index (χ0n) is 7.95. The van der Waals surface area contributed by atoms with Gasteiger partial charge in [-0.1, -0.05) is 31.9 Å². The zero-order valence-corrected chi connectivity index (χ0v) is 15.9. The fourth-order valence-corrected chi connectivity index (χ4v) is 3.47. The molecule has 0 N–H and O–H groups in total. The molecule has 2 heterocycles. The molecule has 0 unspecified atom stereocenters. The Bertz CT molecular complexity index is 424. The fraction of sp³-hybridized carbons (Fsp3) is 0.250. The Morgan fingerprint density at radius 3 is 1.81 bits per heavy atom. The van der Waals surface area contributed by atoms with E-state index in [9.17, 15) is 0 Å². The molecule has 2 aromatic rings. The average Bonchev–Trinajstić information content (AvgIpc) is 2.76. The van der Waals surface area contributed by atoms with Crippen LogP contribution < -0.4 is 0 Å². The molecule has 2 aromatic heterocycles. The second kappa shape index (κ2) is 7.58. The van der Waals surface area contributed by atoms with Crippen molar-refractivity contribution in [3.63, 3.8) is 0 Å². The Hall–Kier alpha value is 1.18. The molecule has 0 aliphatic heterocycles. The van der Waals surface area contributed by atoms with Crippen LogP contribution in [0.4, 0.5) is 0 Å². The van der Waals surface area contributed by atoms with Crippen LogP contribution in [0.15, 0.2) is 19.7 Å². The lowest BCUT2D eigenvalue weighted by Gasteiger charge is -1.89. The Balaban J connectivity index is 0.000000165. The summed E-state index contributed by atoms with van der Waals surface area (Å²) in [6.07, 6.45) is 0. The summed E-state index contributed by atoms with van der Waals surface area (Å²) >= 11 is 16.2. The Morgan fingerprint density at radius 1 is 1.06 bits per heavy atom. The third-order valence-corrected chi connectivity index (χ3v) is 4.85. The van der Waals surface area contributed by atoms with E-state index >= 15 is 0 Å². The van der Waals surface area contributed by atoms with Gasteiger partial charge in [0, 0.05) is 0 Å². The van der Waals surface area contributed by atoms with Gasteiger partial charge in [-0.3, -0.25) is 0 Å². The molecule has 0 bridgehead atoms. The molecule has 0 saturated carbocycles. The van der Waals surface area contributed by atoms with Gasteiger partial charge in [0.05, 0.1) is 19.0 Å². The van der Waals surface area contributed by atoms with Crippen molar-refractivity contribution in [3.8, 4) is 0 Å². The molecule has 0 aliphatic carbocycles. The first kappa shape index (κ1) is 15.2. The number of halogens is 4. The SMILES string of the molecule is Brc1cc(C(Br)Br)ns1.Cc1cc(Br)sn1. The largest absolute Gasteiger partial charge is 0.197 e. The lowest BCUT2D eigenvalue weighted by atomic mass is 10.5. The smallest absolute Gasteiger partial charge is 0.113 e. The van der Waals surface area contributed by atoms with E-state index in [0.717, 1.165) is 19.0 Å². The molecular weight excluding hydrogens is 508 g/mol. The van der Waals surface area contributed by atoms with Crippen LogP contribution in [-0.4, -0.2) is 8.75 Å². The van der Waals surface area contributed by atoms with Crippen LogP contribution in [0.2, 0.25) is 0 Å².